The van der Waals surface area contributed by atoms with E-state index in [9.17, 15) is 0 Å². The third kappa shape index (κ3) is 1.85. The van der Waals surface area contributed by atoms with Crippen molar-refractivity contribution in [3.63, 3.8) is 0 Å². The van der Waals surface area contributed by atoms with E-state index in [1.807, 2.05) is 0 Å². The smallest absolute Gasteiger partial charge is 0.203 e. The van der Waals surface area contributed by atoms with Crippen LogP contribution in [0.3, 0.4) is 0 Å². The van der Waals surface area contributed by atoms with Gasteiger partial charge in [-0.2, -0.15) is 0 Å². The predicted molar refractivity (Wildman–Crippen MR) is 70.3 cm³/mol. The molecule has 1 N–H and O–H groups in total. The average molecular weight is 233 g/mol. The number of nitrogens with zero attached hydrogens (tertiary/aromatic N) is 2. The first-order valence-corrected chi connectivity index (χ1v) is 6.88. The molecule has 1 unspecified atom stereocenters. The summed E-state index contributed by atoms with van der Waals surface area (Å²) in [4.78, 5) is 4.76. The van der Waals surface area contributed by atoms with E-state index in [4.69, 9.17) is 4.98 Å². The molecule has 1 aromatic heterocycles. The second kappa shape index (κ2) is 3.76. The maximum atomic E-state index is 4.76. The summed E-state index contributed by atoms with van der Waals surface area (Å²) in [6.07, 6.45) is 4.91. The van der Waals surface area contributed by atoms with E-state index in [1.54, 1.807) is 0 Å². The largest absolute Gasteiger partial charge is 0.356 e. The van der Waals surface area contributed by atoms with E-state index in [2.05, 4.69) is 30.7 Å². The maximum Gasteiger partial charge on any atom is 0.203 e. The molecule has 1 aliphatic carbocycles. The number of aryl methyl sites for hydroxylation is 1. The van der Waals surface area contributed by atoms with Crippen molar-refractivity contribution in [2.45, 2.75) is 53.0 Å². The van der Waals surface area contributed by atoms with Crippen molar-refractivity contribution in [2.75, 3.05) is 11.9 Å². The zero-order valence-corrected chi connectivity index (χ0v) is 11.2. The second-order valence-electron chi connectivity index (χ2n) is 6.57. The molecule has 1 aliphatic heterocycles. The van der Waals surface area contributed by atoms with Gasteiger partial charge in [-0.1, -0.05) is 20.8 Å². The van der Waals surface area contributed by atoms with Crippen molar-refractivity contribution in [1.29, 1.82) is 0 Å². The van der Waals surface area contributed by atoms with E-state index in [-0.39, 0.29) is 0 Å². The highest BCUT2D eigenvalue weighted by Crippen LogP contribution is 2.38. The highest BCUT2D eigenvalue weighted by Gasteiger charge is 2.32. The molecule has 17 heavy (non-hydrogen) atoms. The van der Waals surface area contributed by atoms with E-state index >= 15 is 0 Å². The lowest BCUT2D eigenvalue weighted by molar-refractivity contribution is 0.211. The van der Waals surface area contributed by atoms with Crippen LogP contribution in [0.15, 0.2) is 0 Å². The van der Waals surface area contributed by atoms with Crippen molar-refractivity contribution in [2.24, 2.45) is 11.3 Å². The molecule has 0 radical (unpaired) electrons. The molecule has 0 saturated heterocycles. The van der Waals surface area contributed by atoms with Gasteiger partial charge in [-0.05, 0) is 37.0 Å². The normalized spacial score (nSPS) is 23.8. The summed E-state index contributed by atoms with van der Waals surface area (Å²) in [6, 6.07) is 0. The van der Waals surface area contributed by atoms with Crippen molar-refractivity contribution >= 4 is 5.95 Å². The summed E-state index contributed by atoms with van der Waals surface area (Å²) in [5.74, 6) is 1.92. The van der Waals surface area contributed by atoms with Crippen LogP contribution in [0.4, 0.5) is 5.95 Å². The quantitative estimate of drug-likeness (QED) is 0.746. The fourth-order valence-corrected chi connectivity index (χ4v) is 3.16. The van der Waals surface area contributed by atoms with Crippen molar-refractivity contribution in [3.8, 4) is 0 Å². The SMILES string of the molecule is CC(C)(C)C1CCc2nc3n(c2C1)CCCN3. The van der Waals surface area contributed by atoms with Gasteiger partial charge in [0.05, 0.1) is 5.69 Å². The molecule has 0 saturated carbocycles. The Kier molecular flexibility index (Phi) is 2.46. The Hall–Kier alpha value is -0.990. The first-order valence-electron chi connectivity index (χ1n) is 6.88. The molecule has 3 heteroatoms. The Labute approximate surface area is 104 Å². The minimum Gasteiger partial charge on any atom is -0.356 e. The zero-order valence-electron chi connectivity index (χ0n) is 11.2. The summed E-state index contributed by atoms with van der Waals surface area (Å²) in [5, 5.41) is 3.43. The van der Waals surface area contributed by atoms with Crippen LogP contribution in [0.25, 0.3) is 0 Å². The third-order valence-corrected chi connectivity index (χ3v) is 4.39. The lowest BCUT2D eigenvalue weighted by Gasteiger charge is -2.34. The van der Waals surface area contributed by atoms with Crippen LogP contribution in [0.2, 0.25) is 0 Å². The topological polar surface area (TPSA) is 29.9 Å². The molecular weight excluding hydrogens is 210 g/mol. The van der Waals surface area contributed by atoms with Crippen LogP contribution >= 0.6 is 0 Å². The lowest BCUT2D eigenvalue weighted by atomic mass is 9.73. The van der Waals surface area contributed by atoms with Gasteiger partial charge in [0.2, 0.25) is 5.95 Å². The van der Waals surface area contributed by atoms with Gasteiger partial charge in [0.25, 0.3) is 0 Å². The second-order valence-corrected chi connectivity index (χ2v) is 6.57. The molecule has 2 heterocycles. The number of imidazole rings is 1. The highest BCUT2D eigenvalue weighted by molar-refractivity contribution is 5.37. The van der Waals surface area contributed by atoms with Crippen LogP contribution in [-0.4, -0.2) is 16.1 Å². The summed E-state index contributed by atoms with van der Waals surface area (Å²) in [6.45, 7) is 9.34. The van der Waals surface area contributed by atoms with Gasteiger partial charge in [-0.25, -0.2) is 4.98 Å². The van der Waals surface area contributed by atoms with Crippen LogP contribution in [0, 0.1) is 11.3 Å². The van der Waals surface area contributed by atoms with E-state index < -0.39 is 0 Å². The summed E-state index contributed by atoms with van der Waals surface area (Å²) in [7, 11) is 0. The number of fused-ring (bicyclic) bond motifs is 3. The number of anilines is 1. The first kappa shape index (κ1) is 11.1. The molecular formula is C14H23N3. The van der Waals surface area contributed by atoms with Crippen LogP contribution < -0.4 is 5.32 Å². The third-order valence-electron chi connectivity index (χ3n) is 4.39. The fourth-order valence-electron chi connectivity index (χ4n) is 3.16. The van der Waals surface area contributed by atoms with Crippen LogP contribution in [-0.2, 0) is 19.4 Å². The Morgan fingerprint density at radius 2 is 2.18 bits per heavy atom. The minimum absolute atomic E-state index is 0.421. The molecule has 0 amide bonds. The molecule has 0 aromatic carbocycles. The monoisotopic (exact) mass is 233 g/mol. The van der Waals surface area contributed by atoms with E-state index in [0.29, 0.717) is 5.41 Å². The molecule has 3 nitrogen and oxygen atoms in total. The first-order chi connectivity index (χ1) is 8.05. The molecule has 94 valence electrons. The van der Waals surface area contributed by atoms with Crippen LogP contribution in [0.5, 0.6) is 0 Å². The number of hydrogen-bond acceptors (Lipinski definition) is 2. The number of aromatic nitrogens is 2. The molecule has 1 aromatic rings. The zero-order chi connectivity index (χ0) is 12.0. The predicted octanol–water partition coefficient (Wildman–Crippen LogP) is 2.85. The van der Waals surface area contributed by atoms with Crippen molar-refractivity contribution < 1.29 is 0 Å². The van der Waals surface area contributed by atoms with E-state index in [1.165, 1.54) is 37.1 Å². The van der Waals surface area contributed by atoms with Gasteiger partial charge >= 0.3 is 0 Å². The minimum atomic E-state index is 0.421. The highest BCUT2D eigenvalue weighted by atomic mass is 15.2. The molecule has 0 fully saturated rings. The van der Waals surface area contributed by atoms with Gasteiger partial charge in [-0.15, -0.1) is 0 Å². The molecule has 3 rings (SSSR count). The van der Waals surface area contributed by atoms with Gasteiger partial charge in [0, 0.05) is 18.8 Å². The summed E-state index contributed by atoms with van der Waals surface area (Å²) < 4.78 is 2.43. The molecule has 1 atom stereocenters. The number of rotatable bonds is 0. The van der Waals surface area contributed by atoms with Gasteiger partial charge in [-0.3, -0.25) is 0 Å². The Morgan fingerprint density at radius 3 is 2.94 bits per heavy atom. The number of hydrogen-bond donors (Lipinski definition) is 1. The van der Waals surface area contributed by atoms with Gasteiger partial charge < -0.3 is 9.88 Å². The van der Waals surface area contributed by atoms with Crippen molar-refractivity contribution in [3.05, 3.63) is 11.4 Å². The lowest BCUT2D eigenvalue weighted by Crippen LogP contribution is -2.28. The Morgan fingerprint density at radius 1 is 1.35 bits per heavy atom. The summed E-state index contributed by atoms with van der Waals surface area (Å²) in [5.41, 5.74) is 3.29. The van der Waals surface area contributed by atoms with Gasteiger partial charge in [0.1, 0.15) is 0 Å². The van der Waals surface area contributed by atoms with E-state index in [0.717, 1.165) is 25.0 Å². The fraction of sp³-hybridized carbons (Fsp3) is 0.786. The molecule has 2 aliphatic rings. The van der Waals surface area contributed by atoms with Crippen LogP contribution in [0.1, 0.15) is 45.0 Å². The van der Waals surface area contributed by atoms with Gasteiger partial charge in [0.15, 0.2) is 0 Å². The Balaban J connectivity index is 1.93. The maximum absolute atomic E-state index is 4.76. The Bertz CT molecular complexity index is 425. The summed E-state index contributed by atoms with van der Waals surface area (Å²) >= 11 is 0. The number of nitrogens with one attached hydrogen (secondary N) is 1. The standard InChI is InChI=1S/C14H23N3/c1-14(2,3)10-5-6-11-12(9-10)17-8-4-7-15-13(17)16-11/h10H,4-9H2,1-3H3,(H,15,16). The average Bonchev–Trinajstić information content (AvgIpc) is 2.65. The molecule has 0 bridgehead atoms. The van der Waals surface area contributed by atoms with Crippen molar-refractivity contribution in [1.82, 2.24) is 9.55 Å². The molecule has 0 spiro atoms.